The highest BCUT2D eigenvalue weighted by molar-refractivity contribution is 8.03. The van der Waals surface area contributed by atoms with Gasteiger partial charge in [-0.15, -0.1) is 0 Å². The Balaban J connectivity index is 1.62. The van der Waals surface area contributed by atoms with E-state index in [4.69, 9.17) is 0 Å². The summed E-state index contributed by atoms with van der Waals surface area (Å²) in [4.78, 5) is 27.5. The minimum Gasteiger partial charge on any atom is -0.320 e. The van der Waals surface area contributed by atoms with Crippen LogP contribution in [0.3, 0.4) is 0 Å². The number of anilines is 2. The molecule has 1 N–H and O–H groups in total. The van der Waals surface area contributed by atoms with Crippen LogP contribution in [0.5, 0.6) is 0 Å². The minimum atomic E-state index is -0.318. The average Bonchev–Trinajstić information content (AvgIpc) is 2.84. The van der Waals surface area contributed by atoms with Crippen LogP contribution in [0.4, 0.5) is 11.4 Å². The first-order chi connectivity index (χ1) is 16.1. The largest absolute Gasteiger partial charge is 0.320 e. The number of nitrogens with zero attached hydrogens (tertiary/aromatic N) is 2. The lowest BCUT2D eigenvalue weighted by atomic mass is 9.85. The van der Waals surface area contributed by atoms with Crippen LogP contribution in [0.1, 0.15) is 23.5 Å². The Morgan fingerprint density at radius 3 is 2.15 bits per heavy atom. The quantitative estimate of drug-likeness (QED) is 0.540. The Labute approximate surface area is 197 Å². The molecule has 3 aromatic carbocycles. The summed E-state index contributed by atoms with van der Waals surface area (Å²) >= 11 is 1.20. The van der Waals surface area contributed by atoms with Gasteiger partial charge in [-0.3, -0.25) is 14.5 Å². The highest BCUT2D eigenvalue weighted by Gasteiger charge is 2.31. The first kappa shape index (κ1) is 22.4. The van der Waals surface area contributed by atoms with Gasteiger partial charge in [-0.2, -0.15) is 5.26 Å². The van der Waals surface area contributed by atoms with Gasteiger partial charge in [0.15, 0.2) is 0 Å². The van der Waals surface area contributed by atoms with Crippen molar-refractivity contribution in [2.45, 2.75) is 19.3 Å². The van der Waals surface area contributed by atoms with Crippen LogP contribution in [-0.4, -0.2) is 17.6 Å². The van der Waals surface area contributed by atoms with Crippen molar-refractivity contribution in [3.63, 3.8) is 0 Å². The van der Waals surface area contributed by atoms with Gasteiger partial charge in [0, 0.05) is 23.7 Å². The molecule has 0 saturated carbocycles. The van der Waals surface area contributed by atoms with Crippen LogP contribution in [0.25, 0.3) is 0 Å². The number of carbonyl (C=O) groups excluding carboxylic acids is 2. The van der Waals surface area contributed by atoms with Gasteiger partial charge in [0.2, 0.25) is 11.8 Å². The van der Waals surface area contributed by atoms with Gasteiger partial charge in [0.25, 0.3) is 0 Å². The molecule has 1 unspecified atom stereocenters. The summed E-state index contributed by atoms with van der Waals surface area (Å²) in [5.41, 5.74) is 4.00. The zero-order valence-electron chi connectivity index (χ0n) is 18.2. The summed E-state index contributed by atoms with van der Waals surface area (Å²) in [5.74, 6) is -0.540. The molecule has 2 amide bonds. The van der Waals surface area contributed by atoms with Gasteiger partial charge >= 0.3 is 0 Å². The predicted molar refractivity (Wildman–Crippen MR) is 132 cm³/mol. The number of hydrogen-bond donors (Lipinski definition) is 1. The lowest BCUT2D eigenvalue weighted by molar-refractivity contribution is -0.121. The van der Waals surface area contributed by atoms with Gasteiger partial charge < -0.3 is 5.32 Å². The Hall–Kier alpha value is -3.82. The molecule has 1 heterocycles. The van der Waals surface area contributed by atoms with E-state index >= 15 is 0 Å². The molecule has 33 heavy (non-hydrogen) atoms. The van der Waals surface area contributed by atoms with Gasteiger partial charge in [-0.05, 0) is 42.3 Å². The number of amides is 2. The summed E-state index contributed by atoms with van der Waals surface area (Å²) in [6.45, 7) is 1.98. The van der Waals surface area contributed by atoms with E-state index in [0.29, 0.717) is 10.6 Å². The average molecular weight is 454 g/mol. The summed E-state index contributed by atoms with van der Waals surface area (Å²) in [6.07, 6.45) is 0.214. The molecule has 4 rings (SSSR count). The molecule has 6 heteroatoms. The number of rotatable bonds is 6. The van der Waals surface area contributed by atoms with E-state index in [1.54, 1.807) is 4.90 Å². The molecule has 5 nitrogen and oxygen atoms in total. The highest BCUT2D eigenvalue weighted by Crippen LogP contribution is 2.37. The first-order valence-electron chi connectivity index (χ1n) is 10.6. The molecular weight excluding hydrogens is 430 g/mol. The highest BCUT2D eigenvalue weighted by atomic mass is 32.2. The van der Waals surface area contributed by atoms with Crippen LogP contribution in [0, 0.1) is 18.3 Å². The zero-order chi connectivity index (χ0) is 23.2. The molecule has 0 aliphatic carbocycles. The fraction of sp³-hybridized carbons (Fsp3) is 0.148. The second-order valence-corrected chi connectivity index (χ2v) is 8.69. The summed E-state index contributed by atoms with van der Waals surface area (Å²) in [7, 11) is 0. The number of carbonyl (C=O) groups is 2. The van der Waals surface area contributed by atoms with Gasteiger partial charge in [0.05, 0.1) is 22.4 Å². The van der Waals surface area contributed by atoms with Crippen molar-refractivity contribution >= 4 is 35.0 Å². The molecule has 164 valence electrons. The SMILES string of the molecule is Cc1ccccc1C1CC(=O)NC(SCC(=O)N(c2ccccc2)c2ccccc2)=C1C#N. The predicted octanol–water partition coefficient (Wildman–Crippen LogP) is 5.43. The molecule has 1 atom stereocenters. The number of nitriles is 1. The van der Waals surface area contributed by atoms with E-state index in [1.165, 1.54) is 11.8 Å². The molecule has 1 aliphatic heterocycles. The summed E-state index contributed by atoms with van der Waals surface area (Å²) < 4.78 is 0. The normalized spacial score (nSPS) is 15.5. The van der Waals surface area contributed by atoms with Crippen molar-refractivity contribution in [2.24, 2.45) is 0 Å². The Morgan fingerprint density at radius 2 is 1.58 bits per heavy atom. The second-order valence-electron chi connectivity index (χ2n) is 7.70. The van der Waals surface area contributed by atoms with Crippen molar-refractivity contribution in [3.8, 4) is 6.07 Å². The Morgan fingerprint density at radius 1 is 1.00 bits per heavy atom. The van der Waals surface area contributed by atoms with Gasteiger partial charge in [0.1, 0.15) is 0 Å². The minimum absolute atomic E-state index is 0.0745. The van der Waals surface area contributed by atoms with Crippen LogP contribution < -0.4 is 10.2 Å². The van der Waals surface area contributed by atoms with E-state index in [9.17, 15) is 14.9 Å². The number of nitrogens with one attached hydrogen (secondary N) is 1. The Kier molecular flexibility index (Phi) is 6.92. The number of benzene rings is 3. The first-order valence-corrected chi connectivity index (χ1v) is 11.6. The van der Waals surface area contributed by atoms with E-state index in [0.717, 1.165) is 22.5 Å². The van der Waals surface area contributed by atoms with Crippen LogP contribution in [0.2, 0.25) is 0 Å². The van der Waals surface area contributed by atoms with Crippen molar-refractivity contribution in [1.82, 2.24) is 5.32 Å². The number of para-hydroxylation sites is 2. The van der Waals surface area contributed by atoms with Crippen molar-refractivity contribution in [3.05, 3.63) is 107 Å². The molecule has 1 aliphatic rings. The summed E-state index contributed by atoms with van der Waals surface area (Å²) in [5, 5.41) is 13.2. The molecule has 0 bridgehead atoms. The van der Waals surface area contributed by atoms with Crippen molar-refractivity contribution in [2.75, 3.05) is 10.7 Å². The van der Waals surface area contributed by atoms with Crippen molar-refractivity contribution in [1.29, 1.82) is 5.26 Å². The maximum atomic E-state index is 13.4. The van der Waals surface area contributed by atoms with Crippen LogP contribution in [0.15, 0.2) is 95.5 Å². The fourth-order valence-corrected chi connectivity index (χ4v) is 4.89. The molecule has 3 aromatic rings. The zero-order valence-corrected chi connectivity index (χ0v) is 19.0. The molecule has 0 fully saturated rings. The monoisotopic (exact) mass is 453 g/mol. The molecule has 0 radical (unpaired) electrons. The maximum absolute atomic E-state index is 13.4. The van der Waals surface area contributed by atoms with E-state index in [1.807, 2.05) is 91.9 Å². The molecule has 0 spiro atoms. The van der Waals surface area contributed by atoms with E-state index in [2.05, 4.69) is 11.4 Å². The maximum Gasteiger partial charge on any atom is 0.241 e. The number of hydrogen-bond acceptors (Lipinski definition) is 4. The van der Waals surface area contributed by atoms with Gasteiger partial charge in [-0.25, -0.2) is 0 Å². The summed E-state index contributed by atoms with van der Waals surface area (Å²) in [6, 6.07) is 28.9. The number of allylic oxidation sites excluding steroid dienone is 1. The van der Waals surface area contributed by atoms with Gasteiger partial charge in [-0.1, -0.05) is 72.4 Å². The van der Waals surface area contributed by atoms with Crippen LogP contribution >= 0.6 is 11.8 Å². The third kappa shape index (κ3) is 5.00. The lowest BCUT2D eigenvalue weighted by Gasteiger charge is -2.27. The topological polar surface area (TPSA) is 73.2 Å². The Bertz CT molecular complexity index is 1190. The third-order valence-electron chi connectivity index (χ3n) is 5.54. The van der Waals surface area contributed by atoms with Crippen LogP contribution in [-0.2, 0) is 9.59 Å². The van der Waals surface area contributed by atoms with Crippen molar-refractivity contribution < 1.29 is 9.59 Å². The van der Waals surface area contributed by atoms with E-state index in [-0.39, 0.29) is 29.9 Å². The standard InChI is InChI=1S/C27H23N3O2S/c1-19-10-8-9-15-22(19)23-16-25(31)29-27(24(23)17-28)33-18-26(32)30(20-11-4-2-5-12-20)21-13-6-3-7-14-21/h2-15,23H,16,18H2,1H3,(H,29,31). The second kappa shape index (κ2) is 10.2. The molecular formula is C27H23N3O2S. The van der Waals surface area contributed by atoms with E-state index < -0.39 is 0 Å². The fourth-order valence-electron chi connectivity index (χ4n) is 3.97. The third-order valence-corrected chi connectivity index (χ3v) is 6.54. The lowest BCUT2D eigenvalue weighted by Crippen LogP contribution is -2.33. The molecule has 0 aromatic heterocycles. The molecule has 0 saturated heterocycles. The number of thioether (sulfide) groups is 1. The smallest absolute Gasteiger partial charge is 0.241 e. The number of aryl methyl sites for hydroxylation is 1.